The van der Waals surface area contributed by atoms with Crippen molar-refractivity contribution < 1.29 is 0 Å². The first kappa shape index (κ1) is 15.6. The number of thiazole rings is 1. The summed E-state index contributed by atoms with van der Waals surface area (Å²) >= 11 is 12.9. The number of halogens is 1. The summed E-state index contributed by atoms with van der Waals surface area (Å²) < 4.78 is 0. The molecule has 0 atom stereocenters. The smallest absolute Gasteiger partial charge is 0.189 e. The molecule has 1 heterocycles. The Balaban J connectivity index is 1.51. The number of fused-ring (bicyclic) bond motifs is 3. The molecule has 0 spiro atoms. The first-order chi connectivity index (χ1) is 11.7. The number of hydrogen-bond donors (Lipinski definition) is 2. The quantitative estimate of drug-likeness (QED) is 0.594. The molecule has 2 N–H and O–H groups in total. The zero-order chi connectivity index (χ0) is 16.5. The highest BCUT2D eigenvalue weighted by Crippen LogP contribution is 2.37. The largest absolute Gasteiger partial charge is 0.332 e. The molecular weight excluding hydrogens is 358 g/mol. The summed E-state index contributed by atoms with van der Waals surface area (Å²) in [6.45, 7) is 0. The van der Waals surface area contributed by atoms with E-state index in [1.165, 1.54) is 16.0 Å². The number of benzene rings is 2. The van der Waals surface area contributed by atoms with Crippen molar-refractivity contribution in [3.8, 4) is 11.3 Å². The van der Waals surface area contributed by atoms with Gasteiger partial charge in [0.1, 0.15) is 0 Å². The van der Waals surface area contributed by atoms with Gasteiger partial charge < -0.3 is 10.6 Å². The number of nitrogens with zero attached hydrogens (tertiary/aromatic N) is 1. The van der Waals surface area contributed by atoms with Gasteiger partial charge in [0.15, 0.2) is 10.2 Å². The van der Waals surface area contributed by atoms with E-state index in [1.807, 2.05) is 24.3 Å². The van der Waals surface area contributed by atoms with Gasteiger partial charge in [0.05, 0.1) is 5.69 Å². The SMILES string of the molecule is S=C(Nc1ccc(Cl)cc1)Nc1nc2c(s1)CCc1ccccc1-2. The third-order valence-corrected chi connectivity index (χ3v) is 5.40. The average Bonchev–Trinajstić information content (AvgIpc) is 2.99. The van der Waals surface area contributed by atoms with Crippen molar-refractivity contribution in [1.82, 2.24) is 4.98 Å². The highest BCUT2D eigenvalue weighted by Gasteiger charge is 2.20. The molecular formula is C18H14ClN3S2. The number of hydrogen-bond acceptors (Lipinski definition) is 3. The first-order valence-electron chi connectivity index (χ1n) is 7.60. The molecule has 2 aromatic carbocycles. The molecule has 0 bridgehead atoms. The third-order valence-electron chi connectivity index (χ3n) is 3.91. The van der Waals surface area contributed by atoms with Crippen LogP contribution < -0.4 is 10.6 Å². The van der Waals surface area contributed by atoms with Gasteiger partial charge in [-0.15, -0.1) is 11.3 Å². The van der Waals surface area contributed by atoms with Gasteiger partial charge in [-0.1, -0.05) is 35.9 Å². The molecule has 0 saturated heterocycles. The van der Waals surface area contributed by atoms with Crippen LogP contribution in [-0.4, -0.2) is 10.1 Å². The third kappa shape index (κ3) is 3.15. The minimum atomic E-state index is 0.525. The molecule has 0 unspecified atom stereocenters. The second kappa shape index (κ2) is 6.51. The monoisotopic (exact) mass is 371 g/mol. The van der Waals surface area contributed by atoms with E-state index in [4.69, 9.17) is 28.8 Å². The van der Waals surface area contributed by atoms with E-state index >= 15 is 0 Å². The molecule has 4 rings (SSSR count). The molecule has 1 aliphatic carbocycles. The van der Waals surface area contributed by atoms with Crippen molar-refractivity contribution in [2.75, 3.05) is 10.6 Å². The number of rotatable bonds is 2. The van der Waals surface area contributed by atoms with Gasteiger partial charge in [-0.25, -0.2) is 4.98 Å². The molecule has 120 valence electrons. The van der Waals surface area contributed by atoms with E-state index in [-0.39, 0.29) is 0 Å². The Kier molecular flexibility index (Phi) is 4.22. The summed E-state index contributed by atoms with van der Waals surface area (Å²) in [5.41, 5.74) is 4.57. The molecule has 0 fully saturated rings. The van der Waals surface area contributed by atoms with E-state index < -0.39 is 0 Å². The maximum Gasteiger partial charge on any atom is 0.189 e. The first-order valence-corrected chi connectivity index (χ1v) is 9.21. The van der Waals surface area contributed by atoms with Crippen molar-refractivity contribution in [3.63, 3.8) is 0 Å². The maximum absolute atomic E-state index is 5.89. The molecule has 0 saturated carbocycles. The fraction of sp³-hybridized carbons (Fsp3) is 0.111. The highest BCUT2D eigenvalue weighted by molar-refractivity contribution is 7.80. The van der Waals surface area contributed by atoms with Gasteiger partial charge in [0.2, 0.25) is 0 Å². The lowest BCUT2D eigenvalue weighted by Gasteiger charge is -2.13. The van der Waals surface area contributed by atoms with Crippen LogP contribution in [0.5, 0.6) is 0 Å². The Morgan fingerprint density at radius 3 is 2.67 bits per heavy atom. The Bertz CT molecular complexity index is 903. The van der Waals surface area contributed by atoms with Crippen molar-refractivity contribution in [1.29, 1.82) is 0 Å². The molecule has 6 heteroatoms. The molecule has 0 amide bonds. The van der Waals surface area contributed by atoms with E-state index in [9.17, 15) is 0 Å². The Hall–Kier alpha value is -1.95. The van der Waals surface area contributed by atoms with Gasteiger partial charge in [0.25, 0.3) is 0 Å². The lowest BCUT2D eigenvalue weighted by atomic mass is 9.94. The van der Waals surface area contributed by atoms with Crippen LogP contribution in [0.25, 0.3) is 11.3 Å². The lowest BCUT2D eigenvalue weighted by Crippen LogP contribution is -2.18. The van der Waals surface area contributed by atoms with Crippen LogP contribution in [0.15, 0.2) is 48.5 Å². The summed E-state index contributed by atoms with van der Waals surface area (Å²) in [7, 11) is 0. The zero-order valence-electron chi connectivity index (χ0n) is 12.7. The number of thiocarbonyl (C=S) groups is 1. The van der Waals surface area contributed by atoms with Crippen LogP contribution in [0, 0.1) is 0 Å². The van der Waals surface area contributed by atoms with Crippen LogP contribution in [0.3, 0.4) is 0 Å². The summed E-state index contributed by atoms with van der Waals surface area (Å²) in [5.74, 6) is 0. The molecule has 0 radical (unpaired) electrons. The fourth-order valence-electron chi connectivity index (χ4n) is 2.80. The normalized spacial score (nSPS) is 12.2. The van der Waals surface area contributed by atoms with Gasteiger partial charge >= 0.3 is 0 Å². The van der Waals surface area contributed by atoms with Gasteiger partial charge in [-0.2, -0.15) is 0 Å². The molecule has 0 aliphatic heterocycles. The molecule has 1 aromatic heterocycles. The topological polar surface area (TPSA) is 37.0 Å². The summed E-state index contributed by atoms with van der Waals surface area (Å²) in [6.07, 6.45) is 2.10. The van der Waals surface area contributed by atoms with E-state index in [1.54, 1.807) is 11.3 Å². The second-order valence-corrected chi connectivity index (χ2v) is 7.46. The van der Waals surface area contributed by atoms with Crippen LogP contribution in [0.1, 0.15) is 10.4 Å². The van der Waals surface area contributed by atoms with E-state index in [2.05, 4.69) is 34.9 Å². The van der Waals surface area contributed by atoms with Crippen LogP contribution in [0.4, 0.5) is 10.8 Å². The molecule has 24 heavy (non-hydrogen) atoms. The Morgan fingerprint density at radius 2 is 1.83 bits per heavy atom. The number of anilines is 2. The van der Waals surface area contributed by atoms with Crippen LogP contribution >= 0.6 is 35.2 Å². The van der Waals surface area contributed by atoms with Crippen LogP contribution in [-0.2, 0) is 12.8 Å². The van der Waals surface area contributed by atoms with E-state index in [0.29, 0.717) is 10.1 Å². The summed E-state index contributed by atoms with van der Waals surface area (Å²) in [4.78, 5) is 6.06. The summed E-state index contributed by atoms with van der Waals surface area (Å²) in [6, 6.07) is 15.9. The van der Waals surface area contributed by atoms with Gasteiger partial charge in [-0.3, -0.25) is 0 Å². The maximum atomic E-state index is 5.89. The average molecular weight is 372 g/mol. The highest BCUT2D eigenvalue weighted by atomic mass is 35.5. The van der Waals surface area contributed by atoms with E-state index in [0.717, 1.165) is 29.4 Å². The minimum Gasteiger partial charge on any atom is -0.332 e. The molecule has 1 aliphatic rings. The van der Waals surface area contributed by atoms with Crippen molar-refractivity contribution >= 4 is 51.1 Å². The number of nitrogens with one attached hydrogen (secondary N) is 2. The molecule has 3 aromatic rings. The Labute approximate surface area is 154 Å². The predicted octanol–water partition coefficient (Wildman–Crippen LogP) is 5.37. The zero-order valence-corrected chi connectivity index (χ0v) is 15.1. The van der Waals surface area contributed by atoms with Gasteiger partial charge in [-0.05, 0) is 54.9 Å². The van der Waals surface area contributed by atoms with Crippen molar-refractivity contribution in [3.05, 3.63) is 64.0 Å². The lowest BCUT2D eigenvalue weighted by molar-refractivity contribution is 0.955. The standard InChI is InChI=1S/C18H14ClN3S2/c19-12-6-8-13(9-7-12)20-17(23)22-18-21-16-14-4-2-1-3-11(14)5-10-15(16)24-18/h1-4,6-9H,5,10H2,(H2,20,21,22,23). The van der Waals surface area contributed by atoms with Gasteiger partial charge in [0, 0.05) is 21.2 Å². The van der Waals surface area contributed by atoms with Crippen molar-refractivity contribution in [2.24, 2.45) is 0 Å². The number of aryl methyl sites for hydroxylation is 2. The summed E-state index contributed by atoms with van der Waals surface area (Å²) in [5, 5.41) is 8.38. The fourth-order valence-corrected chi connectivity index (χ4v) is 4.18. The second-order valence-electron chi connectivity index (χ2n) is 5.53. The van der Waals surface area contributed by atoms with Crippen LogP contribution in [0.2, 0.25) is 5.02 Å². The van der Waals surface area contributed by atoms with Crippen molar-refractivity contribution in [2.45, 2.75) is 12.8 Å². The number of aromatic nitrogens is 1. The molecule has 3 nitrogen and oxygen atoms in total. The Morgan fingerprint density at radius 1 is 1.04 bits per heavy atom. The predicted molar refractivity (Wildman–Crippen MR) is 106 cm³/mol. The minimum absolute atomic E-state index is 0.525.